The Labute approximate surface area is 130 Å². The van der Waals surface area contributed by atoms with Gasteiger partial charge < -0.3 is 9.88 Å². The lowest BCUT2D eigenvalue weighted by molar-refractivity contribution is -0.117. The van der Waals surface area contributed by atoms with E-state index in [0.29, 0.717) is 13.1 Å². The van der Waals surface area contributed by atoms with Gasteiger partial charge in [-0.3, -0.25) is 14.7 Å². The third-order valence-corrected chi connectivity index (χ3v) is 3.83. The molecule has 1 N–H and O–H groups in total. The number of amides is 1. The maximum atomic E-state index is 12.2. The molecule has 0 saturated heterocycles. The largest absolute Gasteiger partial charge is 0.315 e. The molecule has 0 radical (unpaired) electrons. The van der Waals surface area contributed by atoms with Gasteiger partial charge in [-0.2, -0.15) is 0 Å². The highest BCUT2D eigenvalue weighted by molar-refractivity contribution is 5.91. The normalized spacial score (nSPS) is 13.9. The second-order valence-corrected chi connectivity index (χ2v) is 5.75. The van der Waals surface area contributed by atoms with E-state index in [0.717, 1.165) is 36.6 Å². The molecule has 1 aliphatic rings. The highest BCUT2D eigenvalue weighted by Gasteiger charge is 2.16. The van der Waals surface area contributed by atoms with Crippen LogP contribution in [0.1, 0.15) is 24.2 Å². The average molecular weight is 299 g/mol. The smallest absolute Gasteiger partial charge is 0.239 e. The molecule has 2 aromatic rings. The van der Waals surface area contributed by atoms with Crippen LogP contribution >= 0.6 is 0 Å². The number of fused-ring (bicyclic) bond motifs is 1. The van der Waals surface area contributed by atoms with E-state index in [-0.39, 0.29) is 5.91 Å². The quantitative estimate of drug-likeness (QED) is 0.912. The third kappa shape index (κ3) is 3.51. The fourth-order valence-electron chi connectivity index (χ4n) is 2.80. The van der Waals surface area contributed by atoms with Gasteiger partial charge in [0.05, 0.1) is 12.7 Å². The number of imidazole rings is 1. The minimum absolute atomic E-state index is 0.0142. The summed E-state index contributed by atoms with van der Waals surface area (Å²) >= 11 is 0. The number of hydrogen-bond acceptors (Lipinski definition) is 4. The molecule has 22 heavy (non-hydrogen) atoms. The molecule has 6 heteroatoms. The number of hydrogen-bond donors (Lipinski definition) is 1. The minimum Gasteiger partial charge on any atom is -0.315 e. The molecule has 0 spiro atoms. The molecular weight excluding hydrogens is 278 g/mol. The van der Waals surface area contributed by atoms with Gasteiger partial charge in [0.2, 0.25) is 5.91 Å². The molecule has 1 aliphatic heterocycles. The number of likely N-dealkylation sites (N-methyl/N-ethyl adjacent to an activating group) is 1. The van der Waals surface area contributed by atoms with E-state index < -0.39 is 0 Å². The molecule has 1 amide bonds. The summed E-state index contributed by atoms with van der Waals surface area (Å²) in [5.74, 6) is 1.87. The molecule has 0 bridgehead atoms. The van der Waals surface area contributed by atoms with E-state index in [9.17, 15) is 4.79 Å². The third-order valence-electron chi connectivity index (χ3n) is 3.83. The van der Waals surface area contributed by atoms with Crippen molar-refractivity contribution in [2.24, 2.45) is 0 Å². The number of carbonyl (C=O) groups excluding carboxylic acids is 1. The van der Waals surface area contributed by atoms with E-state index in [1.54, 1.807) is 12.4 Å². The van der Waals surface area contributed by atoms with Crippen LogP contribution in [0.3, 0.4) is 0 Å². The molecular formula is C16H21N5O. The Morgan fingerprint density at radius 1 is 1.41 bits per heavy atom. The molecule has 0 aliphatic carbocycles. The van der Waals surface area contributed by atoms with Crippen LogP contribution in [-0.2, 0) is 24.3 Å². The van der Waals surface area contributed by atoms with Crippen LogP contribution in [-0.4, -0.2) is 38.9 Å². The molecule has 3 heterocycles. The van der Waals surface area contributed by atoms with E-state index in [2.05, 4.69) is 19.9 Å². The van der Waals surface area contributed by atoms with E-state index in [1.807, 2.05) is 30.3 Å². The monoisotopic (exact) mass is 299 g/mol. The summed E-state index contributed by atoms with van der Waals surface area (Å²) in [5.41, 5.74) is 1.10. The summed E-state index contributed by atoms with van der Waals surface area (Å²) in [6, 6.07) is 3.91. The number of pyridine rings is 1. The van der Waals surface area contributed by atoms with E-state index >= 15 is 0 Å². The number of aromatic nitrogens is 3. The van der Waals surface area contributed by atoms with Crippen molar-refractivity contribution in [1.82, 2.24) is 19.4 Å². The van der Waals surface area contributed by atoms with Crippen LogP contribution in [0.4, 0.5) is 5.82 Å². The first-order valence-corrected chi connectivity index (χ1v) is 7.64. The molecule has 116 valence electrons. The first-order valence-electron chi connectivity index (χ1n) is 7.64. The first-order chi connectivity index (χ1) is 10.7. The maximum Gasteiger partial charge on any atom is 0.239 e. The number of nitrogens with one attached hydrogen (secondary N) is 1. The molecule has 0 unspecified atom stereocenters. The summed E-state index contributed by atoms with van der Waals surface area (Å²) in [6.07, 6.45) is 8.66. The predicted molar refractivity (Wildman–Crippen MR) is 84.4 cm³/mol. The van der Waals surface area contributed by atoms with Crippen molar-refractivity contribution in [2.75, 3.05) is 18.9 Å². The zero-order valence-corrected chi connectivity index (χ0v) is 12.8. The van der Waals surface area contributed by atoms with Crippen molar-refractivity contribution in [3.8, 4) is 0 Å². The SMILES string of the molecule is CN(CC(=O)Nc1cnc2n1CCCC2)Cc1cccnc1. The van der Waals surface area contributed by atoms with Crippen LogP contribution in [0.25, 0.3) is 0 Å². The van der Waals surface area contributed by atoms with Crippen molar-refractivity contribution in [1.29, 1.82) is 0 Å². The maximum absolute atomic E-state index is 12.2. The van der Waals surface area contributed by atoms with Crippen molar-refractivity contribution in [3.05, 3.63) is 42.1 Å². The molecule has 3 rings (SSSR count). The molecule has 6 nitrogen and oxygen atoms in total. The van der Waals surface area contributed by atoms with Crippen LogP contribution in [0.2, 0.25) is 0 Å². The number of anilines is 1. The Morgan fingerprint density at radius 2 is 2.32 bits per heavy atom. The fraction of sp³-hybridized carbons (Fsp3) is 0.438. The van der Waals surface area contributed by atoms with Gasteiger partial charge in [-0.25, -0.2) is 4.98 Å². The van der Waals surface area contributed by atoms with Crippen LogP contribution in [0.5, 0.6) is 0 Å². The van der Waals surface area contributed by atoms with Crippen molar-refractivity contribution in [3.63, 3.8) is 0 Å². The summed E-state index contributed by atoms with van der Waals surface area (Å²) in [7, 11) is 1.93. The van der Waals surface area contributed by atoms with Gasteiger partial charge in [-0.05, 0) is 31.5 Å². The first kappa shape index (κ1) is 14.7. The van der Waals surface area contributed by atoms with Crippen molar-refractivity contribution < 1.29 is 4.79 Å². The molecule has 2 aromatic heterocycles. The van der Waals surface area contributed by atoms with Gasteiger partial charge in [0, 0.05) is 31.9 Å². The highest BCUT2D eigenvalue weighted by atomic mass is 16.2. The highest BCUT2D eigenvalue weighted by Crippen LogP contribution is 2.19. The fourth-order valence-corrected chi connectivity index (χ4v) is 2.80. The van der Waals surface area contributed by atoms with Gasteiger partial charge >= 0.3 is 0 Å². The molecule has 0 aromatic carbocycles. The molecule has 0 fully saturated rings. The Hall–Kier alpha value is -2.21. The summed E-state index contributed by atoms with van der Waals surface area (Å²) < 4.78 is 2.11. The lowest BCUT2D eigenvalue weighted by Crippen LogP contribution is -2.30. The summed E-state index contributed by atoms with van der Waals surface area (Å²) in [6.45, 7) is 1.98. The number of carbonyl (C=O) groups is 1. The van der Waals surface area contributed by atoms with Gasteiger partial charge in [0.1, 0.15) is 11.6 Å². The molecule has 0 atom stereocenters. The average Bonchev–Trinajstić information content (AvgIpc) is 2.91. The zero-order valence-electron chi connectivity index (χ0n) is 12.8. The van der Waals surface area contributed by atoms with Gasteiger partial charge in [0.15, 0.2) is 0 Å². The Morgan fingerprint density at radius 3 is 3.14 bits per heavy atom. The van der Waals surface area contributed by atoms with Crippen LogP contribution in [0, 0.1) is 0 Å². The Bertz CT molecular complexity index is 637. The minimum atomic E-state index is -0.0142. The Kier molecular flexibility index (Phi) is 4.48. The number of aryl methyl sites for hydroxylation is 1. The van der Waals surface area contributed by atoms with E-state index in [4.69, 9.17) is 0 Å². The van der Waals surface area contributed by atoms with Gasteiger partial charge in [0.25, 0.3) is 0 Å². The number of nitrogens with zero attached hydrogens (tertiary/aromatic N) is 4. The number of rotatable bonds is 5. The lowest BCUT2D eigenvalue weighted by atomic mass is 10.2. The van der Waals surface area contributed by atoms with E-state index in [1.165, 1.54) is 6.42 Å². The van der Waals surface area contributed by atoms with Gasteiger partial charge in [-0.15, -0.1) is 0 Å². The lowest BCUT2D eigenvalue weighted by Gasteiger charge is -2.18. The van der Waals surface area contributed by atoms with Gasteiger partial charge in [-0.1, -0.05) is 6.07 Å². The van der Waals surface area contributed by atoms with Crippen molar-refractivity contribution >= 4 is 11.7 Å². The molecule has 0 saturated carbocycles. The van der Waals surface area contributed by atoms with Crippen LogP contribution < -0.4 is 5.32 Å². The van der Waals surface area contributed by atoms with Crippen molar-refractivity contribution in [2.45, 2.75) is 32.4 Å². The second-order valence-electron chi connectivity index (χ2n) is 5.75. The predicted octanol–water partition coefficient (Wildman–Crippen LogP) is 1.68. The second kappa shape index (κ2) is 6.70. The van der Waals surface area contributed by atoms with Crippen LogP contribution in [0.15, 0.2) is 30.7 Å². The summed E-state index contributed by atoms with van der Waals surface area (Å²) in [5, 5.41) is 2.97. The summed E-state index contributed by atoms with van der Waals surface area (Å²) in [4.78, 5) is 22.6. The Balaban J connectivity index is 1.55. The zero-order chi connectivity index (χ0) is 15.4. The topological polar surface area (TPSA) is 63.1 Å². The standard InChI is InChI=1S/C16H21N5O/c1-20(11-13-5-4-7-17-9-13)12-16(22)19-15-10-18-14-6-2-3-8-21(14)15/h4-5,7,9-10H,2-3,6,8,11-12H2,1H3,(H,19,22).